The van der Waals surface area contributed by atoms with Crippen LogP contribution in [-0.2, 0) is 14.3 Å². The summed E-state index contributed by atoms with van der Waals surface area (Å²) in [7, 11) is 0. The van der Waals surface area contributed by atoms with Crippen molar-refractivity contribution >= 4 is 52.7 Å². The molecule has 0 fully saturated rings. The van der Waals surface area contributed by atoms with Crippen molar-refractivity contribution in [3.05, 3.63) is 26.7 Å². The first-order valence-electron chi connectivity index (χ1n) is 7.48. The molecule has 138 valence electrons. The molecule has 0 bridgehead atoms. The maximum atomic E-state index is 12.3. The number of rotatable bonds is 7. The fourth-order valence-electron chi connectivity index (χ4n) is 2.06. The molecule has 0 heterocycles. The minimum atomic E-state index is -1.85. The number of esters is 2. The smallest absolute Gasteiger partial charge is 0.422 e. The Bertz CT molecular complexity index is 674. The van der Waals surface area contributed by atoms with Crippen molar-refractivity contribution in [2.75, 3.05) is 6.61 Å². The summed E-state index contributed by atoms with van der Waals surface area (Å²) in [6.45, 7) is 4.20. The van der Waals surface area contributed by atoms with Crippen molar-refractivity contribution in [2.45, 2.75) is 33.1 Å². The summed E-state index contributed by atoms with van der Waals surface area (Å²) in [5, 5.41) is 8.10. The Balaban J connectivity index is 3.04. The maximum Gasteiger partial charge on any atom is 0.422 e. The number of aliphatic carboxylic acids is 1. The summed E-state index contributed by atoms with van der Waals surface area (Å²) in [5.74, 6) is -4.53. The average molecular weight is 412 g/mol. The molecule has 0 radical (unpaired) electrons. The quantitative estimate of drug-likeness (QED) is 0.305. The SMILES string of the molecule is CCCC(C)CCOC(=O)c1c(Cl)c(Cl)cc(Cl)c1OC(=O)C(=O)O. The molecule has 1 atom stereocenters. The van der Waals surface area contributed by atoms with Gasteiger partial charge in [-0.05, 0) is 18.4 Å². The highest BCUT2D eigenvalue weighted by atomic mass is 35.5. The van der Waals surface area contributed by atoms with E-state index in [9.17, 15) is 14.4 Å². The second kappa shape index (κ2) is 9.85. The van der Waals surface area contributed by atoms with E-state index in [-0.39, 0.29) is 21.7 Å². The van der Waals surface area contributed by atoms with Crippen molar-refractivity contribution in [3.63, 3.8) is 0 Å². The summed E-state index contributed by atoms with van der Waals surface area (Å²) in [4.78, 5) is 34.3. The molecule has 1 aromatic carbocycles. The van der Waals surface area contributed by atoms with Crippen LogP contribution in [0.3, 0.4) is 0 Å². The van der Waals surface area contributed by atoms with Crippen LogP contribution < -0.4 is 4.74 Å². The van der Waals surface area contributed by atoms with E-state index in [0.29, 0.717) is 12.3 Å². The van der Waals surface area contributed by atoms with E-state index in [1.54, 1.807) is 0 Å². The number of hydrogen-bond acceptors (Lipinski definition) is 5. The minimum Gasteiger partial charge on any atom is -0.473 e. The Hall–Kier alpha value is -1.50. The second-order valence-corrected chi connectivity index (χ2v) is 6.56. The first-order chi connectivity index (χ1) is 11.7. The summed E-state index contributed by atoms with van der Waals surface area (Å²) in [6.07, 6.45) is 2.64. The molecule has 1 unspecified atom stereocenters. The van der Waals surface area contributed by atoms with Gasteiger partial charge in [-0.15, -0.1) is 0 Å². The Morgan fingerprint density at radius 1 is 1.16 bits per heavy atom. The van der Waals surface area contributed by atoms with Gasteiger partial charge < -0.3 is 14.6 Å². The molecule has 0 amide bonds. The largest absolute Gasteiger partial charge is 0.473 e. The van der Waals surface area contributed by atoms with E-state index >= 15 is 0 Å². The van der Waals surface area contributed by atoms with E-state index in [1.807, 2.05) is 6.92 Å². The Labute approximate surface area is 159 Å². The van der Waals surface area contributed by atoms with Crippen molar-refractivity contribution in [1.82, 2.24) is 0 Å². The molecule has 0 aliphatic rings. The summed E-state index contributed by atoms with van der Waals surface area (Å²) in [5.41, 5.74) is -0.392. The van der Waals surface area contributed by atoms with Crippen molar-refractivity contribution < 1.29 is 29.0 Å². The number of ether oxygens (including phenoxy) is 2. The van der Waals surface area contributed by atoms with Crippen LogP contribution >= 0.6 is 34.8 Å². The third kappa shape index (κ3) is 6.06. The van der Waals surface area contributed by atoms with Crippen LogP contribution in [0.5, 0.6) is 5.75 Å². The van der Waals surface area contributed by atoms with Crippen molar-refractivity contribution in [1.29, 1.82) is 0 Å². The van der Waals surface area contributed by atoms with E-state index in [4.69, 9.17) is 44.6 Å². The highest BCUT2D eigenvalue weighted by Gasteiger charge is 2.27. The van der Waals surface area contributed by atoms with Gasteiger partial charge in [-0.25, -0.2) is 14.4 Å². The van der Waals surface area contributed by atoms with E-state index in [0.717, 1.165) is 18.9 Å². The van der Waals surface area contributed by atoms with Gasteiger partial charge in [0, 0.05) is 0 Å². The third-order valence-corrected chi connectivity index (χ3v) is 4.39. The molecule has 25 heavy (non-hydrogen) atoms. The van der Waals surface area contributed by atoms with Gasteiger partial charge in [0.2, 0.25) is 0 Å². The predicted molar refractivity (Wildman–Crippen MR) is 93.7 cm³/mol. The standard InChI is InChI=1S/C16H17Cl3O6/c1-3-4-8(2)5-6-24-15(22)11-12(19)9(17)7-10(18)13(11)25-16(23)14(20)21/h7-8H,3-6H2,1-2H3,(H,20,21). The number of halogens is 3. The van der Waals surface area contributed by atoms with Gasteiger partial charge in [0.15, 0.2) is 5.75 Å². The average Bonchev–Trinajstić information content (AvgIpc) is 2.52. The topological polar surface area (TPSA) is 89.9 Å². The molecule has 0 aromatic heterocycles. The second-order valence-electron chi connectivity index (χ2n) is 5.37. The summed E-state index contributed by atoms with van der Waals surface area (Å²) >= 11 is 17.8. The Morgan fingerprint density at radius 3 is 2.36 bits per heavy atom. The fraction of sp³-hybridized carbons (Fsp3) is 0.438. The lowest BCUT2D eigenvalue weighted by Gasteiger charge is -2.14. The first kappa shape index (κ1) is 21.5. The fourth-order valence-corrected chi connectivity index (χ4v) is 2.78. The van der Waals surface area contributed by atoms with Crippen LogP contribution in [0.2, 0.25) is 15.1 Å². The Morgan fingerprint density at radius 2 is 1.80 bits per heavy atom. The number of carboxylic acid groups (broad SMARTS) is 1. The predicted octanol–water partition coefficient (Wildman–Crippen LogP) is 4.62. The molecule has 9 heteroatoms. The van der Waals surface area contributed by atoms with Crippen LogP contribution in [-0.4, -0.2) is 29.6 Å². The summed E-state index contributed by atoms with van der Waals surface area (Å²) in [6, 6.07) is 1.13. The number of carbonyl (C=O) groups is 3. The van der Waals surface area contributed by atoms with Crippen molar-refractivity contribution in [2.24, 2.45) is 5.92 Å². The molecule has 0 aliphatic heterocycles. The van der Waals surface area contributed by atoms with Gasteiger partial charge >= 0.3 is 17.9 Å². The minimum absolute atomic E-state index is 0.0620. The number of benzene rings is 1. The van der Waals surface area contributed by atoms with Crippen LogP contribution in [0.1, 0.15) is 43.5 Å². The Kier molecular flexibility index (Phi) is 8.48. The molecule has 0 spiro atoms. The third-order valence-electron chi connectivity index (χ3n) is 3.33. The van der Waals surface area contributed by atoms with Crippen LogP contribution in [0.25, 0.3) is 0 Å². The molecular formula is C16H17Cl3O6. The number of carbonyl (C=O) groups excluding carboxylic acids is 2. The lowest BCUT2D eigenvalue weighted by atomic mass is 10.0. The van der Waals surface area contributed by atoms with Crippen LogP contribution in [0.4, 0.5) is 0 Å². The first-order valence-corrected chi connectivity index (χ1v) is 8.62. The normalized spacial score (nSPS) is 11.7. The van der Waals surface area contributed by atoms with E-state index in [2.05, 4.69) is 11.7 Å². The molecule has 1 N–H and O–H groups in total. The molecule has 0 saturated heterocycles. The van der Waals surface area contributed by atoms with E-state index in [1.165, 1.54) is 0 Å². The van der Waals surface area contributed by atoms with Gasteiger partial charge in [0.05, 0.1) is 21.7 Å². The molecular weight excluding hydrogens is 395 g/mol. The molecule has 1 aromatic rings. The molecule has 6 nitrogen and oxygen atoms in total. The monoisotopic (exact) mass is 410 g/mol. The zero-order valence-corrected chi connectivity index (χ0v) is 15.9. The number of hydrogen-bond donors (Lipinski definition) is 1. The van der Waals surface area contributed by atoms with Gasteiger partial charge in [-0.2, -0.15) is 0 Å². The lowest BCUT2D eigenvalue weighted by Crippen LogP contribution is -2.21. The van der Waals surface area contributed by atoms with Gasteiger partial charge in [0.1, 0.15) is 5.56 Å². The zero-order chi connectivity index (χ0) is 19.1. The van der Waals surface area contributed by atoms with Crippen LogP contribution in [0, 0.1) is 5.92 Å². The lowest BCUT2D eigenvalue weighted by molar-refractivity contribution is -0.158. The van der Waals surface area contributed by atoms with Crippen LogP contribution in [0.15, 0.2) is 6.07 Å². The highest BCUT2D eigenvalue weighted by Crippen LogP contribution is 2.39. The maximum absolute atomic E-state index is 12.3. The summed E-state index contributed by atoms with van der Waals surface area (Å²) < 4.78 is 9.79. The van der Waals surface area contributed by atoms with Gasteiger partial charge in [-0.3, -0.25) is 0 Å². The molecule has 1 rings (SSSR count). The van der Waals surface area contributed by atoms with E-state index < -0.39 is 29.2 Å². The molecule has 0 saturated carbocycles. The highest BCUT2D eigenvalue weighted by molar-refractivity contribution is 6.46. The molecule has 0 aliphatic carbocycles. The number of carboxylic acids is 1. The zero-order valence-electron chi connectivity index (χ0n) is 13.6. The van der Waals surface area contributed by atoms with Crippen molar-refractivity contribution in [3.8, 4) is 5.75 Å². The van der Waals surface area contributed by atoms with Gasteiger partial charge in [-0.1, -0.05) is 61.5 Å². The van der Waals surface area contributed by atoms with Gasteiger partial charge in [0.25, 0.3) is 0 Å².